The van der Waals surface area contributed by atoms with E-state index in [4.69, 9.17) is 4.74 Å². The molecule has 5 nitrogen and oxygen atoms in total. The molecule has 2 atom stereocenters. The first-order valence-electron chi connectivity index (χ1n) is 8.05. The Kier molecular flexibility index (Phi) is 5.13. The topological polar surface area (TPSA) is 44.8 Å². The molecule has 0 saturated carbocycles. The Labute approximate surface area is 136 Å². The lowest BCUT2D eigenvalue weighted by Gasteiger charge is -2.39. The maximum absolute atomic E-state index is 13.2. The molecule has 6 heteroatoms. The molecule has 22 heavy (non-hydrogen) atoms. The summed E-state index contributed by atoms with van der Waals surface area (Å²) in [5.41, 5.74) is 1.22. The second kappa shape index (κ2) is 7.08. The Balaban J connectivity index is 1.85. The molecule has 0 aliphatic carbocycles. The molecule has 1 N–H and O–H groups in total. The van der Waals surface area contributed by atoms with Crippen LogP contribution in [0.15, 0.2) is 11.4 Å². The zero-order chi connectivity index (χ0) is 15.5. The zero-order valence-electron chi connectivity index (χ0n) is 13.4. The van der Waals surface area contributed by atoms with Crippen molar-refractivity contribution >= 4 is 17.2 Å². The molecule has 2 aliphatic heterocycles. The van der Waals surface area contributed by atoms with Crippen LogP contribution in [0.2, 0.25) is 0 Å². The second-order valence-corrected chi connectivity index (χ2v) is 7.11. The highest BCUT2D eigenvalue weighted by atomic mass is 32.1. The molecule has 2 unspecified atom stereocenters. The number of nitrogens with zero attached hydrogens (tertiary/aromatic N) is 2. The van der Waals surface area contributed by atoms with Crippen molar-refractivity contribution in [3.63, 3.8) is 0 Å². The van der Waals surface area contributed by atoms with E-state index >= 15 is 0 Å². The van der Waals surface area contributed by atoms with Crippen LogP contribution < -0.4 is 5.32 Å². The molecular formula is C16H25N3O2S. The molecule has 0 radical (unpaired) electrons. The number of amides is 1. The third-order valence-corrected chi connectivity index (χ3v) is 5.54. The van der Waals surface area contributed by atoms with E-state index < -0.39 is 0 Å². The summed E-state index contributed by atoms with van der Waals surface area (Å²) in [5.74, 6) is 0.239. The lowest BCUT2D eigenvalue weighted by atomic mass is 10.1. The zero-order valence-corrected chi connectivity index (χ0v) is 14.2. The average Bonchev–Trinajstić information content (AvgIpc) is 2.94. The summed E-state index contributed by atoms with van der Waals surface area (Å²) in [7, 11) is 0. The number of thiophene rings is 1. The lowest BCUT2D eigenvalue weighted by Crippen LogP contribution is -2.54. The number of aryl methyl sites for hydroxylation is 1. The first-order valence-corrected chi connectivity index (χ1v) is 8.92. The van der Waals surface area contributed by atoms with Crippen LogP contribution in [-0.2, 0) is 9.53 Å². The van der Waals surface area contributed by atoms with E-state index in [-0.39, 0.29) is 11.9 Å². The van der Waals surface area contributed by atoms with Gasteiger partial charge in [0.25, 0.3) is 0 Å². The number of ether oxygens (including phenoxy) is 1. The lowest BCUT2D eigenvalue weighted by molar-refractivity contribution is -0.141. The Hall–Kier alpha value is -0.950. The van der Waals surface area contributed by atoms with Gasteiger partial charge in [0.05, 0.1) is 13.2 Å². The van der Waals surface area contributed by atoms with Crippen LogP contribution in [0.25, 0.3) is 0 Å². The van der Waals surface area contributed by atoms with Crippen LogP contribution in [0.1, 0.15) is 23.4 Å². The van der Waals surface area contributed by atoms with Crippen LogP contribution in [0, 0.1) is 6.92 Å². The number of hydrogen-bond donors (Lipinski definition) is 1. The fraction of sp³-hybridized carbons (Fsp3) is 0.688. The van der Waals surface area contributed by atoms with Crippen molar-refractivity contribution < 1.29 is 9.53 Å². The summed E-state index contributed by atoms with van der Waals surface area (Å²) >= 11 is 1.70. The van der Waals surface area contributed by atoms with Gasteiger partial charge < -0.3 is 15.0 Å². The van der Waals surface area contributed by atoms with Gasteiger partial charge in [-0.2, -0.15) is 0 Å². The summed E-state index contributed by atoms with van der Waals surface area (Å²) < 4.78 is 5.39. The summed E-state index contributed by atoms with van der Waals surface area (Å²) in [5, 5.41) is 5.56. The van der Waals surface area contributed by atoms with Crippen molar-refractivity contribution in [3.05, 3.63) is 21.9 Å². The Morgan fingerprint density at radius 2 is 2.18 bits per heavy atom. The van der Waals surface area contributed by atoms with E-state index in [0.29, 0.717) is 32.3 Å². The predicted molar refractivity (Wildman–Crippen MR) is 88.2 cm³/mol. The van der Waals surface area contributed by atoms with Gasteiger partial charge in [0.15, 0.2) is 0 Å². The molecule has 122 valence electrons. The summed E-state index contributed by atoms with van der Waals surface area (Å²) in [6.07, 6.45) is 0. The number of carbonyl (C=O) groups excluding carboxylic acids is 1. The third-order valence-electron chi connectivity index (χ3n) is 4.47. The van der Waals surface area contributed by atoms with Crippen LogP contribution in [0.4, 0.5) is 0 Å². The molecule has 2 aliphatic rings. The summed E-state index contributed by atoms with van der Waals surface area (Å²) in [4.78, 5) is 18.7. The van der Waals surface area contributed by atoms with Crippen molar-refractivity contribution in [1.29, 1.82) is 0 Å². The molecule has 3 rings (SSSR count). The first-order chi connectivity index (χ1) is 10.7. The SMILES string of the molecule is Cc1ccsc1C(C(=O)N1CCOCC1)N1CCNC(C)C1. The molecule has 1 aromatic heterocycles. The van der Waals surface area contributed by atoms with Gasteiger partial charge in [0, 0.05) is 43.6 Å². The molecule has 3 heterocycles. The number of rotatable bonds is 3. The summed E-state index contributed by atoms with van der Waals surface area (Å²) in [6.45, 7) is 9.79. The normalized spacial score (nSPS) is 25.2. The van der Waals surface area contributed by atoms with Crippen molar-refractivity contribution in [2.24, 2.45) is 0 Å². The van der Waals surface area contributed by atoms with E-state index in [9.17, 15) is 4.79 Å². The third kappa shape index (κ3) is 3.35. The van der Waals surface area contributed by atoms with E-state index in [1.807, 2.05) is 4.90 Å². The maximum atomic E-state index is 13.2. The van der Waals surface area contributed by atoms with Crippen LogP contribution in [-0.4, -0.2) is 67.7 Å². The van der Waals surface area contributed by atoms with Gasteiger partial charge in [-0.05, 0) is 30.9 Å². The van der Waals surface area contributed by atoms with E-state index in [2.05, 4.69) is 35.5 Å². The number of morpholine rings is 1. The molecule has 1 aromatic rings. The van der Waals surface area contributed by atoms with Crippen LogP contribution in [0.3, 0.4) is 0 Å². The highest BCUT2D eigenvalue weighted by Crippen LogP contribution is 2.31. The number of piperazine rings is 1. The molecule has 0 spiro atoms. The Bertz CT molecular complexity index is 513. The predicted octanol–water partition coefficient (Wildman–Crippen LogP) is 1.25. The van der Waals surface area contributed by atoms with E-state index in [1.165, 1.54) is 10.4 Å². The second-order valence-electron chi connectivity index (χ2n) is 6.16. The number of nitrogens with one attached hydrogen (secondary N) is 1. The fourth-order valence-corrected chi connectivity index (χ4v) is 4.30. The van der Waals surface area contributed by atoms with Gasteiger partial charge in [-0.1, -0.05) is 0 Å². The van der Waals surface area contributed by atoms with Crippen LogP contribution in [0.5, 0.6) is 0 Å². The van der Waals surface area contributed by atoms with Gasteiger partial charge >= 0.3 is 0 Å². The standard InChI is InChI=1S/C16H25N3O2S/c1-12-3-10-22-15(12)14(19-5-4-17-13(2)11-19)16(20)18-6-8-21-9-7-18/h3,10,13-14,17H,4-9,11H2,1-2H3. The highest BCUT2D eigenvalue weighted by Gasteiger charge is 2.35. The van der Waals surface area contributed by atoms with Crippen molar-refractivity contribution in [3.8, 4) is 0 Å². The minimum Gasteiger partial charge on any atom is -0.378 e. The monoisotopic (exact) mass is 323 g/mol. The van der Waals surface area contributed by atoms with Crippen molar-refractivity contribution in [2.45, 2.75) is 25.9 Å². The van der Waals surface area contributed by atoms with Gasteiger partial charge in [-0.25, -0.2) is 0 Å². The largest absolute Gasteiger partial charge is 0.378 e. The molecule has 2 saturated heterocycles. The Morgan fingerprint density at radius 3 is 2.82 bits per heavy atom. The molecule has 2 fully saturated rings. The quantitative estimate of drug-likeness (QED) is 0.909. The first kappa shape index (κ1) is 15.9. The van der Waals surface area contributed by atoms with Gasteiger partial charge in [0.1, 0.15) is 6.04 Å². The van der Waals surface area contributed by atoms with Gasteiger partial charge in [-0.15, -0.1) is 11.3 Å². The Morgan fingerprint density at radius 1 is 1.41 bits per heavy atom. The van der Waals surface area contributed by atoms with Gasteiger partial charge in [-0.3, -0.25) is 9.69 Å². The van der Waals surface area contributed by atoms with Gasteiger partial charge in [0.2, 0.25) is 5.91 Å². The van der Waals surface area contributed by atoms with E-state index in [0.717, 1.165) is 19.6 Å². The van der Waals surface area contributed by atoms with Crippen molar-refractivity contribution in [2.75, 3.05) is 45.9 Å². The average molecular weight is 323 g/mol. The van der Waals surface area contributed by atoms with Crippen molar-refractivity contribution in [1.82, 2.24) is 15.1 Å². The maximum Gasteiger partial charge on any atom is 0.245 e. The smallest absolute Gasteiger partial charge is 0.245 e. The van der Waals surface area contributed by atoms with Crippen LogP contribution >= 0.6 is 11.3 Å². The molecule has 1 amide bonds. The minimum absolute atomic E-state index is 0.136. The number of hydrogen-bond acceptors (Lipinski definition) is 5. The molecule has 0 aromatic carbocycles. The fourth-order valence-electron chi connectivity index (χ4n) is 3.25. The summed E-state index contributed by atoms with van der Waals surface area (Å²) in [6, 6.07) is 2.40. The highest BCUT2D eigenvalue weighted by molar-refractivity contribution is 7.10. The molecule has 0 bridgehead atoms. The number of carbonyl (C=O) groups is 1. The minimum atomic E-state index is -0.136. The van der Waals surface area contributed by atoms with E-state index in [1.54, 1.807) is 11.3 Å². The molecular weight excluding hydrogens is 298 g/mol.